The molecule has 6 heteroatoms. The van der Waals surface area contributed by atoms with E-state index in [4.69, 9.17) is 0 Å². The number of aromatic nitrogens is 3. The van der Waals surface area contributed by atoms with Crippen LogP contribution in [0.15, 0.2) is 42.9 Å². The Morgan fingerprint density at radius 3 is 2.64 bits per heavy atom. The molecule has 1 fully saturated rings. The number of hydrogen-bond donors (Lipinski definition) is 1. The van der Waals surface area contributed by atoms with Gasteiger partial charge in [0.25, 0.3) is 0 Å². The summed E-state index contributed by atoms with van der Waals surface area (Å²) >= 11 is 0. The van der Waals surface area contributed by atoms with Crippen LogP contribution in [0.5, 0.6) is 0 Å². The summed E-state index contributed by atoms with van der Waals surface area (Å²) < 4.78 is 1.79. The molecule has 2 amide bonds. The number of hydrogen-bond acceptors (Lipinski definition) is 3. The van der Waals surface area contributed by atoms with Crippen LogP contribution in [0, 0.1) is 0 Å². The number of carbonyl (C=O) groups excluding carboxylic acids is 1. The van der Waals surface area contributed by atoms with Gasteiger partial charge in [-0.1, -0.05) is 12.1 Å². The first-order chi connectivity index (χ1) is 12.2. The zero-order valence-corrected chi connectivity index (χ0v) is 14.3. The number of pyridine rings is 1. The number of likely N-dealkylation sites (tertiary alicyclic amines) is 1. The van der Waals surface area contributed by atoms with Gasteiger partial charge in [0.1, 0.15) is 5.82 Å². The lowest BCUT2D eigenvalue weighted by Gasteiger charge is -2.26. The van der Waals surface area contributed by atoms with Crippen LogP contribution in [-0.4, -0.2) is 38.8 Å². The van der Waals surface area contributed by atoms with Crippen molar-refractivity contribution in [3.05, 3.63) is 42.9 Å². The van der Waals surface area contributed by atoms with Crippen molar-refractivity contribution in [2.24, 2.45) is 7.05 Å². The second-order valence-corrected chi connectivity index (χ2v) is 6.51. The number of carbonyl (C=O) groups is 1. The molecule has 3 aromatic rings. The van der Waals surface area contributed by atoms with Gasteiger partial charge in [-0.15, -0.1) is 0 Å². The summed E-state index contributed by atoms with van der Waals surface area (Å²) in [6.45, 7) is 1.65. The van der Waals surface area contributed by atoms with Gasteiger partial charge in [0.05, 0.1) is 6.20 Å². The summed E-state index contributed by atoms with van der Waals surface area (Å²) in [5.41, 5.74) is 2.17. The van der Waals surface area contributed by atoms with Gasteiger partial charge >= 0.3 is 6.03 Å². The molecule has 0 aliphatic carbocycles. The molecular weight excluding hydrogens is 314 g/mol. The molecule has 128 valence electrons. The molecule has 6 nitrogen and oxygen atoms in total. The highest BCUT2D eigenvalue weighted by Gasteiger charge is 2.16. The molecule has 1 aliphatic rings. The molecule has 0 radical (unpaired) electrons. The highest BCUT2D eigenvalue weighted by molar-refractivity contribution is 5.93. The maximum absolute atomic E-state index is 12.4. The normalized spacial score (nSPS) is 14.7. The smallest absolute Gasteiger partial charge is 0.323 e. The number of fused-ring (bicyclic) bond motifs is 1. The molecule has 0 atom stereocenters. The average Bonchev–Trinajstić information content (AvgIpc) is 3.08. The Labute approximate surface area is 146 Å². The van der Waals surface area contributed by atoms with Gasteiger partial charge in [0, 0.05) is 43.5 Å². The van der Waals surface area contributed by atoms with E-state index in [1.165, 1.54) is 6.42 Å². The SMILES string of the molecule is Cn1cc(-c2ccc3cnc(NC(=O)N4CCCCC4)cc3c2)cn1. The van der Waals surface area contributed by atoms with Crippen LogP contribution < -0.4 is 5.32 Å². The highest BCUT2D eigenvalue weighted by atomic mass is 16.2. The van der Waals surface area contributed by atoms with Crippen LogP contribution in [0.2, 0.25) is 0 Å². The minimum Gasteiger partial charge on any atom is -0.325 e. The lowest BCUT2D eigenvalue weighted by molar-refractivity contribution is 0.200. The second kappa shape index (κ2) is 6.55. The van der Waals surface area contributed by atoms with E-state index in [1.807, 2.05) is 36.5 Å². The van der Waals surface area contributed by atoms with Crippen LogP contribution in [0.4, 0.5) is 10.6 Å². The number of amides is 2. The van der Waals surface area contributed by atoms with Crippen molar-refractivity contribution in [2.45, 2.75) is 19.3 Å². The summed E-state index contributed by atoms with van der Waals surface area (Å²) in [5.74, 6) is 0.589. The monoisotopic (exact) mass is 335 g/mol. The van der Waals surface area contributed by atoms with Gasteiger partial charge < -0.3 is 4.90 Å². The fourth-order valence-corrected chi connectivity index (χ4v) is 3.24. The van der Waals surface area contributed by atoms with Crippen molar-refractivity contribution < 1.29 is 4.79 Å². The minimum atomic E-state index is -0.0602. The summed E-state index contributed by atoms with van der Waals surface area (Å²) in [5, 5.41) is 9.24. The number of rotatable bonds is 2. The summed E-state index contributed by atoms with van der Waals surface area (Å²) in [6, 6.07) is 8.07. The Morgan fingerprint density at radius 2 is 1.88 bits per heavy atom. The Kier molecular flexibility index (Phi) is 4.09. The zero-order valence-electron chi connectivity index (χ0n) is 14.3. The number of nitrogens with one attached hydrogen (secondary N) is 1. The molecule has 1 N–H and O–H groups in total. The lowest BCUT2D eigenvalue weighted by atomic mass is 10.1. The van der Waals surface area contributed by atoms with Gasteiger partial charge in [0.2, 0.25) is 0 Å². The van der Waals surface area contributed by atoms with Crippen LogP contribution in [0.1, 0.15) is 19.3 Å². The zero-order chi connectivity index (χ0) is 17.2. The van der Waals surface area contributed by atoms with E-state index in [-0.39, 0.29) is 6.03 Å². The first-order valence-electron chi connectivity index (χ1n) is 8.64. The van der Waals surface area contributed by atoms with E-state index in [0.717, 1.165) is 47.8 Å². The Hall–Kier alpha value is -2.89. The van der Waals surface area contributed by atoms with E-state index in [0.29, 0.717) is 5.82 Å². The van der Waals surface area contributed by atoms with Crippen LogP contribution >= 0.6 is 0 Å². The van der Waals surface area contributed by atoms with Gasteiger partial charge in [-0.25, -0.2) is 9.78 Å². The molecule has 0 spiro atoms. The van der Waals surface area contributed by atoms with E-state index >= 15 is 0 Å². The van der Waals surface area contributed by atoms with Gasteiger partial charge in [-0.05, 0) is 42.3 Å². The highest BCUT2D eigenvalue weighted by Crippen LogP contribution is 2.25. The number of benzene rings is 1. The average molecular weight is 335 g/mol. The number of anilines is 1. The maximum Gasteiger partial charge on any atom is 0.323 e. The van der Waals surface area contributed by atoms with Crippen molar-refractivity contribution in [2.75, 3.05) is 18.4 Å². The van der Waals surface area contributed by atoms with E-state index in [2.05, 4.69) is 27.5 Å². The van der Waals surface area contributed by atoms with Crippen molar-refractivity contribution in [1.82, 2.24) is 19.7 Å². The molecule has 25 heavy (non-hydrogen) atoms. The quantitative estimate of drug-likeness (QED) is 0.777. The molecule has 1 aliphatic heterocycles. The van der Waals surface area contributed by atoms with Crippen LogP contribution in [0.3, 0.4) is 0 Å². The fourth-order valence-electron chi connectivity index (χ4n) is 3.24. The van der Waals surface area contributed by atoms with Gasteiger partial charge in [-0.2, -0.15) is 5.10 Å². The minimum absolute atomic E-state index is 0.0602. The maximum atomic E-state index is 12.4. The van der Waals surface area contributed by atoms with Crippen LogP contribution in [-0.2, 0) is 7.05 Å². The van der Waals surface area contributed by atoms with E-state index < -0.39 is 0 Å². The number of piperidine rings is 1. The molecule has 1 aromatic carbocycles. The molecule has 0 saturated carbocycles. The molecule has 3 heterocycles. The third kappa shape index (κ3) is 3.33. The topological polar surface area (TPSA) is 63.1 Å². The Balaban J connectivity index is 1.59. The fraction of sp³-hybridized carbons (Fsp3) is 0.316. The standard InChI is InChI=1S/C19H21N5O/c1-23-13-17(12-21-23)14-5-6-15-11-20-18(10-16(15)9-14)22-19(25)24-7-3-2-4-8-24/h5-6,9-13H,2-4,7-8H2,1H3,(H,20,22,25). The van der Waals surface area contributed by atoms with Crippen molar-refractivity contribution in [1.29, 1.82) is 0 Å². The molecular formula is C19H21N5O. The van der Waals surface area contributed by atoms with Crippen molar-refractivity contribution in [3.8, 4) is 11.1 Å². The van der Waals surface area contributed by atoms with Crippen molar-refractivity contribution in [3.63, 3.8) is 0 Å². The number of urea groups is 1. The third-order valence-corrected chi connectivity index (χ3v) is 4.64. The molecule has 0 unspecified atom stereocenters. The number of aryl methyl sites for hydroxylation is 1. The van der Waals surface area contributed by atoms with Crippen molar-refractivity contribution >= 4 is 22.6 Å². The predicted molar refractivity (Wildman–Crippen MR) is 98.4 cm³/mol. The molecule has 0 bridgehead atoms. The first kappa shape index (κ1) is 15.6. The predicted octanol–water partition coefficient (Wildman–Crippen LogP) is 3.65. The summed E-state index contributed by atoms with van der Waals surface area (Å²) in [7, 11) is 1.91. The summed E-state index contributed by atoms with van der Waals surface area (Å²) in [4.78, 5) is 18.6. The Morgan fingerprint density at radius 1 is 1.04 bits per heavy atom. The molecule has 4 rings (SSSR count). The molecule has 2 aromatic heterocycles. The van der Waals surface area contributed by atoms with Gasteiger partial charge in [0.15, 0.2) is 0 Å². The summed E-state index contributed by atoms with van der Waals surface area (Å²) in [6.07, 6.45) is 8.99. The first-order valence-corrected chi connectivity index (χ1v) is 8.64. The van der Waals surface area contributed by atoms with E-state index in [1.54, 1.807) is 10.9 Å². The second-order valence-electron chi connectivity index (χ2n) is 6.51. The third-order valence-electron chi connectivity index (χ3n) is 4.64. The molecule has 1 saturated heterocycles. The van der Waals surface area contributed by atoms with Crippen LogP contribution in [0.25, 0.3) is 21.9 Å². The van der Waals surface area contributed by atoms with E-state index in [9.17, 15) is 4.79 Å². The van der Waals surface area contributed by atoms with Gasteiger partial charge in [-0.3, -0.25) is 10.00 Å². The largest absolute Gasteiger partial charge is 0.325 e. The lowest BCUT2D eigenvalue weighted by Crippen LogP contribution is -2.38. The number of nitrogens with zero attached hydrogens (tertiary/aromatic N) is 4. The Bertz CT molecular complexity index is 911.